The number of phenolic OH excluding ortho intramolecular Hbond substituents is 1. The number of phenols is 1. The molecule has 2 saturated heterocycles. The van der Waals surface area contributed by atoms with Crippen molar-refractivity contribution in [3.05, 3.63) is 59.1 Å². The van der Waals surface area contributed by atoms with Crippen molar-refractivity contribution in [2.75, 3.05) is 4.90 Å². The highest BCUT2D eigenvalue weighted by molar-refractivity contribution is 6.31. The first-order valence-electron chi connectivity index (χ1n) is 9.74. The highest BCUT2D eigenvalue weighted by atomic mass is 35.5. The normalized spacial score (nSPS) is 28.1. The van der Waals surface area contributed by atoms with Gasteiger partial charge in [0.25, 0.3) is 0 Å². The molecule has 2 fully saturated rings. The number of para-hydroxylation sites is 1. The van der Waals surface area contributed by atoms with Crippen LogP contribution >= 0.6 is 11.6 Å². The summed E-state index contributed by atoms with van der Waals surface area (Å²) in [6.45, 7) is 1.82. The zero-order valence-corrected chi connectivity index (χ0v) is 17.0. The van der Waals surface area contributed by atoms with Crippen molar-refractivity contribution < 1.29 is 24.6 Å². The average Bonchev–Trinajstić information content (AvgIpc) is 3.17. The summed E-state index contributed by atoms with van der Waals surface area (Å²) in [6.07, 6.45) is 0.657. The van der Waals surface area contributed by atoms with Crippen molar-refractivity contribution in [2.45, 2.75) is 31.3 Å². The molecule has 2 aliphatic heterocycles. The third kappa shape index (κ3) is 2.88. The van der Waals surface area contributed by atoms with Gasteiger partial charge in [0.2, 0.25) is 11.8 Å². The molecule has 2 aromatic carbocycles. The highest BCUT2D eigenvalue weighted by Crippen LogP contribution is 2.52. The van der Waals surface area contributed by atoms with E-state index in [0.29, 0.717) is 22.7 Å². The van der Waals surface area contributed by atoms with Crippen LogP contribution in [0.1, 0.15) is 31.4 Å². The molecule has 4 rings (SSSR count). The number of rotatable bonds is 5. The molecule has 4 atom stereocenters. The van der Waals surface area contributed by atoms with Crippen molar-refractivity contribution in [3.8, 4) is 5.75 Å². The fraction of sp³-hybridized carbons (Fsp3) is 0.318. The van der Waals surface area contributed by atoms with E-state index in [1.807, 2.05) is 6.92 Å². The second kappa shape index (κ2) is 7.41. The lowest BCUT2D eigenvalue weighted by Gasteiger charge is -2.31. The molecule has 8 heteroatoms. The second-order valence-corrected chi connectivity index (χ2v) is 8.14. The number of carbonyl (C=O) groups is 3. The van der Waals surface area contributed by atoms with Crippen LogP contribution in [-0.4, -0.2) is 33.5 Å². The standard InChI is InChI=1S/C22H21ClN2O5/c1-2-10-22(21(29)30)17-16(18(24-22)14-8-3-4-9-15(14)26)19(27)25(20(17)28)13-7-5-6-12(23)11-13/h3-9,11,16-18,24,26H,2,10H2,1H3,(H,29,30)/t16-,17+,18-,22+/m1/s1. The Bertz CT molecular complexity index is 1040. The van der Waals surface area contributed by atoms with E-state index in [9.17, 15) is 24.6 Å². The quantitative estimate of drug-likeness (QED) is 0.632. The number of fused-ring (bicyclic) bond motifs is 1. The number of nitrogens with zero attached hydrogens (tertiary/aromatic N) is 1. The Morgan fingerprint density at radius 3 is 2.53 bits per heavy atom. The number of aromatic hydroxyl groups is 1. The van der Waals surface area contributed by atoms with E-state index < -0.39 is 41.2 Å². The highest BCUT2D eigenvalue weighted by Gasteiger charge is 2.68. The molecule has 2 amide bonds. The summed E-state index contributed by atoms with van der Waals surface area (Å²) < 4.78 is 0. The topological polar surface area (TPSA) is 107 Å². The van der Waals surface area contributed by atoms with Gasteiger partial charge in [0, 0.05) is 16.6 Å². The smallest absolute Gasteiger partial charge is 0.324 e. The maximum Gasteiger partial charge on any atom is 0.324 e. The van der Waals surface area contributed by atoms with E-state index in [1.54, 1.807) is 36.4 Å². The van der Waals surface area contributed by atoms with Crippen LogP contribution in [0.15, 0.2) is 48.5 Å². The largest absolute Gasteiger partial charge is 0.508 e. The van der Waals surface area contributed by atoms with Crippen LogP contribution < -0.4 is 10.2 Å². The molecule has 156 valence electrons. The predicted molar refractivity (Wildman–Crippen MR) is 110 cm³/mol. The molecule has 0 spiro atoms. The van der Waals surface area contributed by atoms with Crippen LogP contribution in [0, 0.1) is 11.8 Å². The van der Waals surface area contributed by atoms with Crippen molar-refractivity contribution in [1.29, 1.82) is 0 Å². The molecular formula is C22H21ClN2O5. The SMILES string of the molecule is CCC[C@]1(C(=O)O)N[C@H](c2ccccc2O)[C@@H]2C(=O)N(c3cccc(Cl)c3)C(=O)[C@H]21. The molecule has 0 saturated carbocycles. The van der Waals surface area contributed by atoms with Gasteiger partial charge in [-0.1, -0.05) is 49.2 Å². The van der Waals surface area contributed by atoms with Gasteiger partial charge >= 0.3 is 5.97 Å². The summed E-state index contributed by atoms with van der Waals surface area (Å²) in [4.78, 5) is 40.4. The van der Waals surface area contributed by atoms with Gasteiger partial charge in [0.05, 0.1) is 17.5 Å². The minimum atomic E-state index is -1.62. The maximum absolute atomic E-state index is 13.5. The van der Waals surface area contributed by atoms with E-state index in [4.69, 9.17) is 11.6 Å². The van der Waals surface area contributed by atoms with Crippen LogP contribution in [0.4, 0.5) is 5.69 Å². The van der Waals surface area contributed by atoms with E-state index in [0.717, 1.165) is 4.90 Å². The number of amides is 2. The van der Waals surface area contributed by atoms with Gasteiger partial charge in [-0.25, -0.2) is 4.90 Å². The second-order valence-electron chi connectivity index (χ2n) is 7.70. The van der Waals surface area contributed by atoms with Crippen molar-refractivity contribution in [2.24, 2.45) is 11.8 Å². The number of halogens is 1. The van der Waals surface area contributed by atoms with Crippen molar-refractivity contribution in [3.63, 3.8) is 0 Å². The first kappa shape index (κ1) is 20.4. The predicted octanol–water partition coefficient (Wildman–Crippen LogP) is 3.12. The monoisotopic (exact) mass is 428 g/mol. The average molecular weight is 429 g/mol. The van der Waals surface area contributed by atoms with E-state index >= 15 is 0 Å². The summed E-state index contributed by atoms with van der Waals surface area (Å²) >= 11 is 6.05. The number of hydrogen-bond acceptors (Lipinski definition) is 5. The number of carboxylic acids is 1. The summed E-state index contributed by atoms with van der Waals surface area (Å²) in [6, 6.07) is 12.0. The number of nitrogens with one attached hydrogen (secondary N) is 1. The van der Waals surface area contributed by atoms with Gasteiger partial charge in [-0.05, 0) is 30.7 Å². The van der Waals surface area contributed by atoms with Crippen LogP contribution in [0.3, 0.4) is 0 Å². The number of carboxylic acid groups (broad SMARTS) is 1. The Kier molecular flexibility index (Phi) is 5.03. The Morgan fingerprint density at radius 2 is 1.90 bits per heavy atom. The van der Waals surface area contributed by atoms with Gasteiger partial charge < -0.3 is 10.2 Å². The van der Waals surface area contributed by atoms with Gasteiger partial charge in [-0.2, -0.15) is 0 Å². The molecular weight excluding hydrogens is 408 g/mol. The van der Waals surface area contributed by atoms with Crippen LogP contribution in [0.25, 0.3) is 0 Å². The summed E-state index contributed by atoms with van der Waals surface area (Å²) in [5.41, 5.74) is -0.925. The minimum absolute atomic E-state index is 0.0621. The molecule has 2 aromatic rings. The minimum Gasteiger partial charge on any atom is -0.508 e. The van der Waals surface area contributed by atoms with Crippen LogP contribution in [0.5, 0.6) is 5.75 Å². The molecule has 0 bridgehead atoms. The molecule has 2 heterocycles. The molecule has 0 aliphatic carbocycles. The third-order valence-corrected chi connectivity index (χ3v) is 6.25. The zero-order valence-electron chi connectivity index (χ0n) is 16.2. The molecule has 2 aliphatic rings. The molecule has 3 N–H and O–H groups in total. The molecule has 0 unspecified atom stereocenters. The summed E-state index contributed by atoms with van der Waals surface area (Å²) in [5.74, 6) is -4.40. The molecule has 7 nitrogen and oxygen atoms in total. The van der Waals surface area contributed by atoms with Crippen molar-refractivity contribution >= 4 is 35.1 Å². The van der Waals surface area contributed by atoms with E-state index in [1.165, 1.54) is 12.1 Å². The van der Waals surface area contributed by atoms with Gasteiger partial charge in [-0.3, -0.25) is 19.7 Å². The number of imide groups is 1. The maximum atomic E-state index is 13.5. The summed E-state index contributed by atoms with van der Waals surface area (Å²) in [5, 5.41) is 24.0. The van der Waals surface area contributed by atoms with Gasteiger partial charge in [0.15, 0.2) is 0 Å². The van der Waals surface area contributed by atoms with Gasteiger partial charge in [-0.15, -0.1) is 0 Å². The fourth-order valence-electron chi connectivity index (χ4n) is 4.82. The number of hydrogen-bond donors (Lipinski definition) is 3. The zero-order chi connectivity index (χ0) is 21.6. The van der Waals surface area contributed by atoms with Crippen LogP contribution in [-0.2, 0) is 14.4 Å². The van der Waals surface area contributed by atoms with Gasteiger partial charge in [0.1, 0.15) is 11.3 Å². The lowest BCUT2D eigenvalue weighted by Crippen LogP contribution is -2.55. The van der Waals surface area contributed by atoms with E-state index in [2.05, 4.69) is 5.32 Å². The fourth-order valence-corrected chi connectivity index (χ4v) is 5.00. The first-order valence-corrected chi connectivity index (χ1v) is 10.1. The summed E-state index contributed by atoms with van der Waals surface area (Å²) in [7, 11) is 0. The van der Waals surface area contributed by atoms with Crippen molar-refractivity contribution in [1.82, 2.24) is 5.32 Å². The first-order chi connectivity index (χ1) is 14.3. The molecule has 30 heavy (non-hydrogen) atoms. The number of benzene rings is 2. The third-order valence-electron chi connectivity index (χ3n) is 6.02. The van der Waals surface area contributed by atoms with E-state index in [-0.39, 0.29) is 12.2 Å². The number of carbonyl (C=O) groups excluding carboxylic acids is 2. The lowest BCUT2D eigenvalue weighted by atomic mass is 9.77. The van der Waals surface area contributed by atoms with Crippen LogP contribution in [0.2, 0.25) is 5.02 Å². The Labute approximate surface area is 178 Å². The Balaban J connectivity index is 1.88. The number of aliphatic carboxylic acids is 1. The lowest BCUT2D eigenvalue weighted by molar-refractivity contribution is -0.149. The number of anilines is 1. The Morgan fingerprint density at radius 1 is 1.17 bits per heavy atom. The molecule has 0 radical (unpaired) electrons. The molecule has 0 aromatic heterocycles. The Hall–Kier alpha value is -2.90.